The van der Waals surface area contributed by atoms with Crippen molar-refractivity contribution in [2.24, 2.45) is 0 Å². The van der Waals surface area contributed by atoms with Gasteiger partial charge in [0.1, 0.15) is 17.2 Å². The summed E-state index contributed by atoms with van der Waals surface area (Å²) in [5.41, 5.74) is 7.94. The number of hydrogen-bond donors (Lipinski definition) is 2. The number of methoxy groups -OCH3 is 1. The van der Waals surface area contributed by atoms with Crippen molar-refractivity contribution in [3.05, 3.63) is 54.4 Å². The van der Waals surface area contributed by atoms with E-state index < -0.39 is 0 Å². The lowest BCUT2D eigenvalue weighted by atomic mass is 10.2. The first kappa shape index (κ1) is 18.2. The van der Waals surface area contributed by atoms with Gasteiger partial charge >= 0.3 is 0 Å². The first-order valence-electron chi connectivity index (χ1n) is 8.45. The largest absolute Gasteiger partial charge is 0.497 e. The van der Waals surface area contributed by atoms with Gasteiger partial charge in [-0.25, -0.2) is 4.98 Å². The second-order valence-corrected chi connectivity index (χ2v) is 5.98. The van der Waals surface area contributed by atoms with Gasteiger partial charge in [-0.3, -0.25) is 18.9 Å². The number of pyridine rings is 1. The van der Waals surface area contributed by atoms with Crippen LogP contribution in [0.1, 0.15) is 12.0 Å². The summed E-state index contributed by atoms with van der Waals surface area (Å²) in [6, 6.07) is 10.8. The molecule has 1 aromatic carbocycles. The summed E-state index contributed by atoms with van der Waals surface area (Å²) in [7, 11) is 1.59. The summed E-state index contributed by atoms with van der Waals surface area (Å²) >= 11 is 0. The second kappa shape index (κ2) is 8.22. The number of carbonyl (C=O) groups is 2. The van der Waals surface area contributed by atoms with Crippen LogP contribution in [-0.2, 0) is 16.1 Å². The lowest BCUT2D eigenvalue weighted by Gasteiger charge is -2.16. The molecule has 2 aromatic heterocycles. The van der Waals surface area contributed by atoms with E-state index in [1.165, 1.54) is 4.90 Å². The first-order chi connectivity index (χ1) is 13.1. The number of imidazole rings is 1. The van der Waals surface area contributed by atoms with Crippen molar-refractivity contribution in [2.75, 3.05) is 24.7 Å². The molecule has 8 nitrogen and oxygen atoms in total. The SMILES string of the molecule is COc1ccc(CN(C=O)C(=O)CCNc2cnc3cc(N)ccn23)cc1. The molecule has 0 spiro atoms. The van der Waals surface area contributed by atoms with Crippen LogP contribution in [0.15, 0.2) is 48.8 Å². The highest BCUT2D eigenvalue weighted by Gasteiger charge is 2.13. The predicted molar refractivity (Wildman–Crippen MR) is 102 cm³/mol. The standard InChI is InChI=1S/C19H21N5O3/c1-27-16-4-2-14(3-5-16)12-23(13-25)19(26)6-8-21-18-11-22-17-10-15(20)7-9-24(17)18/h2-5,7,9-11,13,21H,6,8,12,20H2,1H3. The Labute approximate surface area is 156 Å². The molecule has 2 heterocycles. The van der Waals surface area contributed by atoms with Gasteiger partial charge in [-0.2, -0.15) is 0 Å². The van der Waals surface area contributed by atoms with Gasteiger partial charge in [0.25, 0.3) is 0 Å². The number of benzene rings is 1. The third-order valence-corrected chi connectivity index (χ3v) is 4.14. The van der Waals surface area contributed by atoms with Crippen molar-refractivity contribution >= 4 is 29.5 Å². The number of imide groups is 1. The molecule has 0 radical (unpaired) electrons. The third-order valence-electron chi connectivity index (χ3n) is 4.14. The van der Waals surface area contributed by atoms with Gasteiger partial charge in [-0.05, 0) is 23.8 Å². The zero-order chi connectivity index (χ0) is 19.2. The van der Waals surface area contributed by atoms with Gasteiger partial charge in [-0.15, -0.1) is 0 Å². The maximum absolute atomic E-state index is 12.3. The van der Waals surface area contributed by atoms with E-state index in [0.717, 1.165) is 22.8 Å². The summed E-state index contributed by atoms with van der Waals surface area (Å²) in [4.78, 5) is 29.1. The van der Waals surface area contributed by atoms with Crippen molar-refractivity contribution in [2.45, 2.75) is 13.0 Å². The number of rotatable bonds is 8. The highest BCUT2D eigenvalue weighted by atomic mass is 16.5. The average Bonchev–Trinajstić information content (AvgIpc) is 3.08. The molecule has 0 saturated carbocycles. The third kappa shape index (κ3) is 4.35. The Kier molecular flexibility index (Phi) is 5.55. The summed E-state index contributed by atoms with van der Waals surface area (Å²) in [6.45, 7) is 0.602. The van der Waals surface area contributed by atoms with Crippen molar-refractivity contribution in [3.8, 4) is 5.75 Å². The molecule has 0 aliphatic carbocycles. The van der Waals surface area contributed by atoms with E-state index in [1.807, 2.05) is 22.7 Å². The molecule has 0 saturated heterocycles. The summed E-state index contributed by atoms with van der Waals surface area (Å²) in [5.74, 6) is 1.22. The highest BCUT2D eigenvalue weighted by Crippen LogP contribution is 2.15. The van der Waals surface area contributed by atoms with Crippen LogP contribution in [0.2, 0.25) is 0 Å². The quantitative estimate of drug-likeness (QED) is 0.590. The molecule has 2 amide bonds. The topological polar surface area (TPSA) is 102 Å². The molecular formula is C19H21N5O3. The molecule has 0 aliphatic rings. The fraction of sp³-hybridized carbons (Fsp3) is 0.211. The number of ether oxygens (including phenoxy) is 1. The number of amides is 2. The molecular weight excluding hydrogens is 346 g/mol. The van der Waals surface area contributed by atoms with Crippen LogP contribution in [0.25, 0.3) is 5.65 Å². The highest BCUT2D eigenvalue weighted by molar-refractivity contribution is 5.86. The van der Waals surface area contributed by atoms with Crippen molar-refractivity contribution < 1.29 is 14.3 Å². The number of nitrogen functional groups attached to an aromatic ring is 1. The molecule has 3 aromatic rings. The molecule has 0 fully saturated rings. The van der Waals surface area contributed by atoms with Crippen molar-refractivity contribution in [1.82, 2.24) is 14.3 Å². The number of aromatic nitrogens is 2. The Balaban J connectivity index is 1.55. The zero-order valence-electron chi connectivity index (χ0n) is 15.0. The fourth-order valence-electron chi connectivity index (χ4n) is 2.68. The van der Waals surface area contributed by atoms with Gasteiger partial charge in [0.05, 0.1) is 19.9 Å². The minimum absolute atomic E-state index is 0.178. The van der Waals surface area contributed by atoms with Crippen molar-refractivity contribution in [3.63, 3.8) is 0 Å². The monoisotopic (exact) mass is 367 g/mol. The van der Waals surface area contributed by atoms with Gasteiger partial charge in [0.2, 0.25) is 12.3 Å². The van der Waals surface area contributed by atoms with Gasteiger partial charge < -0.3 is 15.8 Å². The first-order valence-corrected chi connectivity index (χ1v) is 8.45. The molecule has 8 heteroatoms. The van der Waals surface area contributed by atoms with Crippen LogP contribution in [-0.4, -0.2) is 40.3 Å². The minimum Gasteiger partial charge on any atom is -0.497 e. The molecule has 0 unspecified atom stereocenters. The van der Waals surface area contributed by atoms with Gasteiger partial charge in [0.15, 0.2) is 0 Å². The molecule has 0 bridgehead atoms. The van der Waals surface area contributed by atoms with E-state index >= 15 is 0 Å². The normalized spacial score (nSPS) is 10.6. The number of carbonyl (C=O) groups excluding carboxylic acids is 2. The van der Waals surface area contributed by atoms with Crippen LogP contribution < -0.4 is 15.8 Å². The minimum atomic E-state index is -0.258. The Morgan fingerprint density at radius 2 is 2.11 bits per heavy atom. The number of nitrogens with two attached hydrogens (primary N) is 1. The van der Waals surface area contributed by atoms with Gasteiger partial charge in [-0.1, -0.05) is 12.1 Å². The van der Waals surface area contributed by atoms with Gasteiger partial charge in [0, 0.05) is 30.9 Å². The zero-order valence-corrected chi connectivity index (χ0v) is 15.0. The molecule has 27 heavy (non-hydrogen) atoms. The lowest BCUT2D eigenvalue weighted by molar-refractivity contribution is -0.138. The Morgan fingerprint density at radius 3 is 2.81 bits per heavy atom. The van der Waals surface area contributed by atoms with E-state index in [2.05, 4.69) is 10.3 Å². The Hall–Kier alpha value is -3.55. The predicted octanol–water partition coefficient (Wildman–Crippen LogP) is 1.91. The van der Waals surface area contributed by atoms with Crippen molar-refractivity contribution in [1.29, 1.82) is 0 Å². The molecule has 0 aliphatic heterocycles. The van der Waals surface area contributed by atoms with E-state index in [4.69, 9.17) is 10.5 Å². The molecule has 3 rings (SSSR count). The molecule has 140 valence electrons. The fourth-order valence-corrected chi connectivity index (χ4v) is 2.68. The van der Waals surface area contributed by atoms with Crippen LogP contribution in [0.3, 0.4) is 0 Å². The summed E-state index contributed by atoms with van der Waals surface area (Å²) in [6.07, 6.45) is 4.22. The number of nitrogens with zero attached hydrogens (tertiary/aromatic N) is 3. The van der Waals surface area contributed by atoms with E-state index in [-0.39, 0.29) is 18.9 Å². The molecule has 0 atom stereocenters. The number of hydrogen-bond acceptors (Lipinski definition) is 6. The average molecular weight is 367 g/mol. The van der Waals surface area contributed by atoms with E-state index in [0.29, 0.717) is 18.6 Å². The van der Waals surface area contributed by atoms with E-state index in [1.54, 1.807) is 37.6 Å². The number of fused-ring (bicyclic) bond motifs is 1. The Bertz CT molecular complexity index is 936. The summed E-state index contributed by atoms with van der Waals surface area (Å²) in [5, 5.41) is 3.16. The maximum Gasteiger partial charge on any atom is 0.231 e. The Morgan fingerprint density at radius 1 is 1.33 bits per heavy atom. The second-order valence-electron chi connectivity index (χ2n) is 5.98. The molecule has 3 N–H and O–H groups in total. The summed E-state index contributed by atoms with van der Waals surface area (Å²) < 4.78 is 6.94. The van der Waals surface area contributed by atoms with Crippen LogP contribution >= 0.6 is 0 Å². The maximum atomic E-state index is 12.3. The van der Waals surface area contributed by atoms with Crippen LogP contribution in [0.5, 0.6) is 5.75 Å². The lowest BCUT2D eigenvalue weighted by Crippen LogP contribution is -2.30. The smallest absolute Gasteiger partial charge is 0.231 e. The number of anilines is 2. The van der Waals surface area contributed by atoms with Crippen LogP contribution in [0, 0.1) is 0 Å². The van der Waals surface area contributed by atoms with E-state index in [9.17, 15) is 9.59 Å². The number of nitrogens with one attached hydrogen (secondary N) is 1. The van der Waals surface area contributed by atoms with Crippen LogP contribution in [0.4, 0.5) is 11.5 Å².